The molecule has 1 N–H and O–H groups in total. The van der Waals surface area contributed by atoms with Gasteiger partial charge in [-0.15, -0.1) is 11.3 Å². The van der Waals surface area contributed by atoms with E-state index < -0.39 is 0 Å². The zero-order valence-electron chi connectivity index (χ0n) is 9.24. The van der Waals surface area contributed by atoms with Crippen molar-refractivity contribution in [1.29, 1.82) is 0 Å². The van der Waals surface area contributed by atoms with Crippen LogP contribution in [0.1, 0.15) is 31.1 Å². The summed E-state index contributed by atoms with van der Waals surface area (Å²) in [7, 11) is 0. The van der Waals surface area contributed by atoms with E-state index in [2.05, 4.69) is 29.8 Å². The van der Waals surface area contributed by atoms with E-state index in [4.69, 9.17) is 4.74 Å². The van der Waals surface area contributed by atoms with Crippen molar-refractivity contribution in [3.63, 3.8) is 0 Å². The van der Waals surface area contributed by atoms with Gasteiger partial charge in [0.1, 0.15) is 0 Å². The highest BCUT2D eigenvalue weighted by Gasteiger charge is 2.23. The molecule has 0 aromatic carbocycles. The lowest BCUT2D eigenvalue weighted by atomic mass is 10.1. The van der Waals surface area contributed by atoms with E-state index in [9.17, 15) is 0 Å². The molecule has 0 amide bonds. The maximum Gasteiger partial charge on any atom is 0.0728 e. The van der Waals surface area contributed by atoms with Crippen molar-refractivity contribution in [2.24, 2.45) is 0 Å². The molecule has 1 aliphatic rings. The molecule has 1 aliphatic heterocycles. The highest BCUT2D eigenvalue weighted by Crippen LogP contribution is 2.18. The Bertz CT molecular complexity index is 267. The number of rotatable bonds is 5. The summed E-state index contributed by atoms with van der Waals surface area (Å²) < 4.78 is 5.72. The fourth-order valence-corrected chi connectivity index (χ4v) is 2.76. The average Bonchev–Trinajstić information content (AvgIpc) is 2.90. The number of thiophene rings is 1. The lowest BCUT2D eigenvalue weighted by Crippen LogP contribution is -2.38. The third kappa shape index (κ3) is 3.03. The second-order valence-corrected chi connectivity index (χ2v) is 5.06. The first-order valence-corrected chi connectivity index (χ1v) is 6.65. The van der Waals surface area contributed by atoms with Gasteiger partial charge >= 0.3 is 0 Å². The van der Waals surface area contributed by atoms with Crippen LogP contribution in [-0.4, -0.2) is 18.8 Å². The molecule has 0 aliphatic carbocycles. The van der Waals surface area contributed by atoms with Crippen molar-refractivity contribution in [3.8, 4) is 0 Å². The Morgan fingerprint density at radius 1 is 1.67 bits per heavy atom. The van der Waals surface area contributed by atoms with Crippen LogP contribution in [0.4, 0.5) is 0 Å². The summed E-state index contributed by atoms with van der Waals surface area (Å²) in [4.78, 5) is 1.41. The second kappa shape index (κ2) is 5.64. The molecule has 1 aromatic rings. The van der Waals surface area contributed by atoms with Crippen LogP contribution in [0.15, 0.2) is 17.5 Å². The molecule has 1 fully saturated rings. The maximum absolute atomic E-state index is 5.72. The summed E-state index contributed by atoms with van der Waals surface area (Å²) in [5.74, 6) is 0. The number of hydrogen-bond acceptors (Lipinski definition) is 3. The molecule has 0 radical (unpaired) electrons. The Kier molecular flexibility index (Phi) is 4.18. The maximum atomic E-state index is 5.72. The molecule has 84 valence electrons. The van der Waals surface area contributed by atoms with Crippen LogP contribution in [0, 0.1) is 0 Å². The van der Waals surface area contributed by atoms with Gasteiger partial charge in [-0.3, -0.25) is 0 Å². The predicted molar refractivity (Wildman–Crippen MR) is 64.2 cm³/mol. The first-order chi connectivity index (χ1) is 7.40. The lowest BCUT2D eigenvalue weighted by Gasteiger charge is -2.22. The molecule has 0 bridgehead atoms. The molecule has 0 saturated carbocycles. The van der Waals surface area contributed by atoms with E-state index >= 15 is 0 Å². The molecule has 2 atom stereocenters. The van der Waals surface area contributed by atoms with Gasteiger partial charge in [-0.2, -0.15) is 0 Å². The van der Waals surface area contributed by atoms with Gasteiger partial charge in [-0.25, -0.2) is 0 Å². The highest BCUT2D eigenvalue weighted by atomic mass is 32.1. The monoisotopic (exact) mass is 225 g/mol. The second-order valence-electron chi connectivity index (χ2n) is 4.03. The first-order valence-electron chi connectivity index (χ1n) is 5.77. The molecule has 2 nitrogen and oxygen atoms in total. The molecule has 2 heterocycles. The Hall–Kier alpha value is -0.380. The first kappa shape index (κ1) is 11.1. The van der Waals surface area contributed by atoms with E-state index in [1.807, 2.05) is 11.3 Å². The summed E-state index contributed by atoms with van der Waals surface area (Å²) in [5.41, 5.74) is 0. The van der Waals surface area contributed by atoms with Crippen LogP contribution in [0.25, 0.3) is 0 Å². The minimum Gasteiger partial charge on any atom is -0.377 e. The zero-order valence-corrected chi connectivity index (χ0v) is 10.1. The van der Waals surface area contributed by atoms with E-state index in [0.29, 0.717) is 12.1 Å². The Labute approximate surface area is 95.6 Å². The smallest absolute Gasteiger partial charge is 0.0728 e. The summed E-state index contributed by atoms with van der Waals surface area (Å²) in [5, 5.41) is 5.73. The average molecular weight is 225 g/mol. The van der Waals surface area contributed by atoms with E-state index in [1.54, 1.807) is 0 Å². The Morgan fingerprint density at radius 3 is 3.20 bits per heavy atom. The van der Waals surface area contributed by atoms with E-state index in [1.165, 1.54) is 17.7 Å². The number of nitrogens with one attached hydrogen (secondary N) is 1. The van der Waals surface area contributed by atoms with Gasteiger partial charge in [0.25, 0.3) is 0 Å². The SMILES string of the molecule is CCC(NCc1cccs1)C1CCCO1. The van der Waals surface area contributed by atoms with Crippen LogP contribution in [-0.2, 0) is 11.3 Å². The Morgan fingerprint density at radius 2 is 2.60 bits per heavy atom. The molecule has 2 unspecified atom stereocenters. The van der Waals surface area contributed by atoms with Crippen molar-refractivity contribution in [1.82, 2.24) is 5.32 Å². The Balaban J connectivity index is 1.80. The van der Waals surface area contributed by atoms with Gasteiger partial charge in [-0.05, 0) is 30.7 Å². The quantitative estimate of drug-likeness (QED) is 0.832. The fourth-order valence-electron chi connectivity index (χ4n) is 2.10. The molecule has 1 aromatic heterocycles. The van der Waals surface area contributed by atoms with Gasteiger partial charge < -0.3 is 10.1 Å². The van der Waals surface area contributed by atoms with Crippen molar-refractivity contribution >= 4 is 11.3 Å². The lowest BCUT2D eigenvalue weighted by molar-refractivity contribution is 0.0765. The van der Waals surface area contributed by atoms with Crippen LogP contribution in [0.3, 0.4) is 0 Å². The molecule has 15 heavy (non-hydrogen) atoms. The molecule has 0 spiro atoms. The van der Waals surface area contributed by atoms with E-state index in [-0.39, 0.29) is 0 Å². The van der Waals surface area contributed by atoms with Crippen molar-refractivity contribution in [3.05, 3.63) is 22.4 Å². The van der Waals surface area contributed by atoms with Crippen LogP contribution in [0.2, 0.25) is 0 Å². The van der Waals surface area contributed by atoms with Gasteiger partial charge in [0, 0.05) is 24.1 Å². The van der Waals surface area contributed by atoms with Crippen molar-refractivity contribution in [2.45, 2.75) is 44.9 Å². The molecule has 2 rings (SSSR count). The normalized spacial score (nSPS) is 23.1. The molecule has 1 saturated heterocycles. The van der Waals surface area contributed by atoms with Gasteiger partial charge in [0.05, 0.1) is 6.10 Å². The van der Waals surface area contributed by atoms with Gasteiger partial charge in [0.15, 0.2) is 0 Å². The van der Waals surface area contributed by atoms with Crippen LogP contribution < -0.4 is 5.32 Å². The number of ether oxygens (including phenoxy) is 1. The number of hydrogen-bond donors (Lipinski definition) is 1. The third-order valence-electron chi connectivity index (χ3n) is 2.97. The largest absolute Gasteiger partial charge is 0.377 e. The molecular weight excluding hydrogens is 206 g/mol. The van der Waals surface area contributed by atoms with Crippen molar-refractivity contribution < 1.29 is 4.74 Å². The summed E-state index contributed by atoms with van der Waals surface area (Å²) >= 11 is 1.81. The van der Waals surface area contributed by atoms with Gasteiger partial charge in [0.2, 0.25) is 0 Å². The zero-order chi connectivity index (χ0) is 10.5. The summed E-state index contributed by atoms with van der Waals surface area (Å²) in [6.07, 6.45) is 4.03. The summed E-state index contributed by atoms with van der Waals surface area (Å²) in [6, 6.07) is 4.81. The van der Waals surface area contributed by atoms with Crippen LogP contribution >= 0.6 is 11.3 Å². The topological polar surface area (TPSA) is 21.3 Å². The fraction of sp³-hybridized carbons (Fsp3) is 0.667. The third-order valence-corrected chi connectivity index (χ3v) is 3.85. The minimum absolute atomic E-state index is 0.440. The highest BCUT2D eigenvalue weighted by molar-refractivity contribution is 7.09. The summed E-state index contributed by atoms with van der Waals surface area (Å²) in [6.45, 7) is 4.16. The van der Waals surface area contributed by atoms with E-state index in [0.717, 1.165) is 19.6 Å². The van der Waals surface area contributed by atoms with Crippen LogP contribution in [0.5, 0.6) is 0 Å². The van der Waals surface area contributed by atoms with Gasteiger partial charge in [-0.1, -0.05) is 13.0 Å². The molecular formula is C12H19NOS. The predicted octanol–water partition coefficient (Wildman–Crippen LogP) is 2.80. The standard InChI is InChI=1S/C12H19NOS/c1-2-11(12-6-3-7-14-12)13-9-10-5-4-8-15-10/h4-5,8,11-13H,2-3,6-7,9H2,1H3. The van der Waals surface area contributed by atoms with Crippen molar-refractivity contribution in [2.75, 3.05) is 6.61 Å². The minimum atomic E-state index is 0.440. The molecule has 3 heteroatoms.